The molecule has 0 saturated carbocycles. The number of carbonyl (C=O) groups is 8. The Morgan fingerprint density at radius 1 is 0.360 bits per heavy atom. The molecule has 4 aliphatic heterocycles. The van der Waals surface area contributed by atoms with Crippen LogP contribution in [0.15, 0.2) is 0 Å². The predicted octanol–water partition coefficient (Wildman–Crippen LogP) is -7.75. The van der Waals surface area contributed by atoms with Crippen LogP contribution in [0.25, 0.3) is 0 Å². The molecule has 4 heterocycles. The quantitative estimate of drug-likeness (QED) is 0.0252. The number of ether oxygens (including phenoxy) is 15. The van der Waals surface area contributed by atoms with E-state index in [-0.39, 0.29) is 233 Å². The topological polar surface area (TPSA) is 585 Å². The Kier molecular flexibility index (Phi) is 52.7. The molecule has 4 aliphatic rings. The summed E-state index contributed by atoms with van der Waals surface area (Å²) in [6, 6.07) is -3.68. The normalized spacial score (nSPS) is 26.2. The van der Waals surface area contributed by atoms with Gasteiger partial charge in [0.05, 0.1) is 177 Å². The largest absolute Gasteiger partial charge is 0.394 e. The lowest BCUT2D eigenvalue weighted by Crippen LogP contribution is -2.64. The highest BCUT2D eigenvalue weighted by molar-refractivity contribution is 5.78. The van der Waals surface area contributed by atoms with Gasteiger partial charge in [-0.2, -0.15) is 0 Å². The van der Waals surface area contributed by atoms with Crippen molar-refractivity contribution in [2.75, 3.05) is 191 Å². The van der Waals surface area contributed by atoms with Crippen LogP contribution >= 0.6 is 0 Å². The van der Waals surface area contributed by atoms with Crippen LogP contribution in [0.5, 0.6) is 0 Å². The third-order valence-electron chi connectivity index (χ3n) is 18.5. The maximum absolute atomic E-state index is 14.0. The average molecular weight is 1650 g/mol. The second-order valence-corrected chi connectivity index (χ2v) is 28.0. The minimum Gasteiger partial charge on any atom is -0.394 e. The third kappa shape index (κ3) is 40.4. The number of aliphatic hydroxyl groups excluding tert-OH is 11. The molecule has 15 unspecified atom stereocenters. The van der Waals surface area contributed by atoms with Crippen LogP contribution in [-0.2, 0) is 109 Å². The maximum Gasteiger partial charge on any atom is 0.222 e. The molecular weight excluding hydrogens is 1520 g/mol. The number of unbranched alkanes of at least 4 members (excludes halogenated alkanes) is 7. The first-order chi connectivity index (χ1) is 54.9. The monoisotopic (exact) mass is 1650 g/mol. The van der Waals surface area contributed by atoms with Crippen molar-refractivity contribution < 1.29 is 166 Å². The number of likely N-dealkylation sites (tertiary alicyclic amines) is 1. The molecule has 4 rings (SSSR count). The van der Waals surface area contributed by atoms with Crippen LogP contribution in [0.3, 0.4) is 0 Å². The highest BCUT2D eigenvalue weighted by atomic mass is 16.7. The minimum atomic E-state index is -1.47. The number of nitrogens with zero attached hydrogens (tertiary/aromatic N) is 1. The van der Waals surface area contributed by atoms with E-state index >= 15 is 0 Å². The molecule has 0 aromatic carbocycles. The number of β-amino-alcohol motifs (C(OH)–C–C–N with tert-alkyl or cyclic N) is 1. The van der Waals surface area contributed by atoms with Crippen molar-refractivity contribution >= 4 is 47.3 Å². The van der Waals surface area contributed by atoms with Crippen LogP contribution < -0.4 is 37.2 Å². The Balaban J connectivity index is 1.28. The summed E-state index contributed by atoms with van der Waals surface area (Å²) in [6.45, 7) is 2.46. The lowest BCUT2D eigenvalue weighted by atomic mass is 9.97. The Bertz CT molecular complexity index is 2460. The minimum absolute atomic E-state index is 0.0368. The second-order valence-electron chi connectivity index (χ2n) is 28.0. The van der Waals surface area contributed by atoms with Crippen molar-refractivity contribution in [2.45, 2.75) is 220 Å². The van der Waals surface area contributed by atoms with Gasteiger partial charge < -0.3 is 169 Å². The van der Waals surface area contributed by atoms with E-state index < -0.39 is 141 Å². The molecule has 18 N–H and O–H groups in total. The van der Waals surface area contributed by atoms with Gasteiger partial charge in [0.2, 0.25) is 47.3 Å². The molecule has 0 aromatic rings. The van der Waals surface area contributed by atoms with Gasteiger partial charge >= 0.3 is 0 Å². The van der Waals surface area contributed by atoms with E-state index in [1.807, 2.05) is 0 Å². The first kappa shape index (κ1) is 101. The number of hydrogen-bond donors (Lipinski definition) is 18. The smallest absolute Gasteiger partial charge is 0.222 e. The van der Waals surface area contributed by atoms with Gasteiger partial charge in [-0.1, -0.05) is 38.5 Å². The number of nitrogens with one attached hydrogen (secondary N) is 7. The number of hydrogen-bond acceptors (Lipinski definition) is 34. The van der Waals surface area contributed by atoms with E-state index in [9.17, 15) is 94.5 Å². The zero-order valence-corrected chi connectivity index (χ0v) is 66.0. The molecular formula is C72H130N8O34. The number of carbonyl (C=O) groups excluding carboxylic acids is 8. The molecule has 42 nitrogen and oxygen atoms in total. The Morgan fingerprint density at radius 2 is 0.667 bits per heavy atom. The van der Waals surface area contributed by atoms with Crippen molar-refractivity contribution in [2.24, 2.45) is 0 Å². The first-order valence-electron chi connectivity index (χ1n) is 39.3. The highest BCUT2D eigenvalue weighted by Gasteiger charge is 2.48. The molecule has 4 fully saturated rings. The van der Waals surface area contributed by atoms with Gasteiger partial charge in [-0.05, 0) is 19.3 Å². The van der Waals surface area contributed by atoms with Crippen LogP contribution in [0, 0.1) is 0 Å². The standard InChI is InChI=1S/C72H130N8O34/c1-47(85)76-60-66(97)63(94)52(41-82)112-69(60)109-35-32-103-29-26-100-23-17-73-55(89)14-20-106-44-72(79-58(92)12-10-8-6-4-5-7-9-11-13-59(93)80-39-51(88)38-50(80)40-81,45-107-21-15-56(90)74-18-24-101-27-30-104-33-36-110-70-61(77-48(2)86)67(98)64(95)53(42-83)113-70)46-108-22-16-57(91)75-19-25-102-28-31-105-34-37-111-71-62(78-49(3)87)68(99)65(96)54(43-84)114-71/h50-54,60-71,81-84,88,94-99H,4-46H2,1-3H3,(H,73,89)(H,74,90)(H,75,91)(H,76,85)(H,77,86)(H,78,87)(H,79,92)/t50-,51+,52?,53?,54?,60?,61?,62?,63?,64?,65?,66?,67?,68?,69?,70?,71?,72?/m0/s1. The zero-order chi connectivity index (χ0) is 83.5. The van der Waals surface area contributed by atoms with Crippen LogP contribution in [0.4, 0.5) is 0 Å². The summed E-state index contributed by atoms with van der Waals surface area (Å²) < 4.78 is 85.2. The molecule has 42 heteroatoms. The molecule has 0 spiro atoms. The van der Waals surface area contributed by atoms with Gasteiger partial charge in [0.15, 0.2) is 18.9 Å². The van der Waals surface area contributed by atoms with Crippen molar-refractivity contribution in [3.63, 3.8) is 0 Å². The Labute approximate surface area is 664 Å². The molecule has 114 heavy (non-hydrogen) atoms. The van der Waals surface area contributed by atoms with Gasteiger partial charge in [-0.25, -0.2) is 0 Å². The summed E-state index contributed by atoms with van der Waals surface area (Å²) in [6.07, 6.45) is -9.56. The predicted molar refractivity (Wildman–Crippen MR) is 394 cm³/mol. The summed E-state index contributed by atoms with van der Waals surface area (Å²) in [5.41, 5.74) is -1.42. The molecule has 0 aromatic heterocycles. The van der Waals surface area contributed by atoms with Crippen LogP contribution in [0.2, 0.25) is 0 Å². The summed E-state index contributed by atoms with van der Waals surface area (Å²) >= 11 is 0. The van der Waals surface area contributed by atoms with Crippen molar-refractivity contribution in [3.05, 3.63) is 0 Å². The fraction of sp³-hybridized carbons (Fsp3) is 0.889. The van der Waals surface area contributed by atoms with Crippen LogP contribution in [0.1, 0.15) is 111 Å². The molecule has 662 valence electrons. The number of rotatable bonds is 64. The number of aliphatic hydroxyl groups is 11. The molecule has 8 amide bonds. The van der Waals surface area contributed by atoms with Gasteiger partial charge in [-0.15, -0.1) is 0 Å². The van der Waals surface area contributed by atoms with E-state index in [0.717, 1.165) is 38.5 Å². The first-order valence-corrected chi connectivity index (χ1v) is 39.3. The molecule has 0 bridgehead atoms. The van der Waals surface area contributed by atoms with E-state index in [2.05, 4.69) is 37.2 Å². The Morgan fingerprint density at radius 3 is 0.982 bits per heavy atom. The van der Waals surface area contributed by atoms with Crippen molar-refractivity contribution in [1.82, 2.24) is 42.1 Å². The number of amides is 8. The van der Waals surface area contributed by atoms with Gasteiger partial charge in [0.25, 0.3) is 0 Å². The van der Waals surface area contributed by atoms with Gasteiger partial charge in [0.1, 0.15) is 78.6 Å². The SMILES string of the molecule is CC(=O)NC1C(OCCOCCOCCNC(=O)CCOCC(COCCC(=O)NCCOCCOCCOC2OC(CO)C(O)C(O)C2NC(C)=O)(COCCC(=O)NCCOCCOCCOC2OC(CO)C(O)C(O)C2NC(C)=O)NC(=O)CCCCCCCCCCC(=O)N2C[C@H](O)C[C@H]2CO)OC(CO)C(O)C1O. The van der Waals surface area contributed by atoms with Crippen molar-refractivity contribution in [1.29, 1.82) is 0 Å². The van der Waals surface area contributed by atoms with Crippen LogP contribution in [-0.4, -0.2) is 409 Å². The van der Waals surface area contributed by atoms with Gasteiger partial charge in [0, 0.05) is 79.1 Å². The fourth-order valence-electron chi connectivity index (χ4n) is 12.6. The van der Waals surface area contributed by atoms with Gasteiger partial charge in [-0.3, -0.25) is 38.4 Å². The Hall–Kier alpha value is -5.28. The van der Waals surface area contributed by atoms with Crippen molar-refractivity contribution in [3.8, 4) is 0 Å². The average Bonchev–Trinajstić information content (AvgIpc) is 1.04. The summed E-state index contributed by atoms with van der Waals surface area (Å²) in [4.78, 5) is 103. The fourth-order valence-corrected chi connectivity index (χ4v) is 12.6. The van der Waals surface area contributed by atoms with E-state index in [4.69, 9.17) is 71.1 Å². The highest BCUT2D eigenvalue weighted by Crippen LogP contribution is 2.26. The lowest BCUT2D eigenvalue weighted by molar-refractivity contribution is -0.272. The molecule has 0 radical (unpaired) electrons. The molecule has 17 atom stereocenters. The zero-order valence-electron chi connectivity index (χ0n) is 66.0. The van der Waals surface area contributed by atoms with E-state index in [0.29, 0.717) is 25.7 Å². The summed E-state index contributed by atoms with van der Waals surface area (Å²) in [7, 11) is 0. The summed E-state index contributed by atoms with van der Waals surface area (Å²) in [5, 5.41) is 129. The maximum atomic E-state index is 14.0. The lowest BCUT2D eigenvalue weighted by Gasteiger charge is -2.42. The second kappa shape index (κ2) is 59.4. The van der Waals surface area contributed by atoms with E-state index in [1.54, 1.807) is 4.90 Å². The summed E-state index contributed by atoms with van der Waals surface area (Å²) in [5.74, 6) is -3.09. The van der Waals surface area contributed by atoms with E-state index in [1.165, 1.54) is 20.8 Å². The molecule has 4 saturated heterocycles. The molecule has 0 aliphatic carbocycles. The third-order valence-corrected chi connectivity index (χ3v) is 18.5.